The fourth-order valence-electron chi connectivity index (χ4n) is 4.56. The first-order valence-corrected chi connectivity index (χ1v) is 11.0. The molecule has 7 heteroatoms. The van der Waals surface area contributed by atoms with Crippen molar-refractivity contribution in [2.45, 2.75) is 12.3 Å². The van der Waals surface area contributed by atoms with Crippen LogP contribution in [0.15, 0.2) is 81.9 Å². The molecule has 6 rings (SSSR count). The van der Waals surface area contributed by atoms with Gasteiger partial charge in [0.1, 0.15) is 22.8 Å². The summed E-state index contributed by atoms with van der Waals surface area (Å²) in [6.45, 7) is 0. The number of benzene rings is 3. The van der Waals surface area contributed by atoms with Crippen LogP contribution in [0.3, 0.4) is 0 Å². The number of ether oxygens (including phenoxy) is 3. The number of carbonyl (C=O) groups is 2. The number of rotatable bonds is 3. The Morgan fingerprint density at radius 3 is 2.54 bits per heavy atom. The molecule has 0 aliphatic carbocycles. The van der Waals surface area contributed by atoms with E-state index < -0.39 is 11.9 Å². The van der Waals surface area contributed by atoms with Gasteiger partial charge in [0.25, 0.3) is 0 Å². The van der Waals surface area contributed by atoms with Crippen LogP contribution < -0.4 is 19.6 Å². The highest BCUT2D eigenvalue weighted by Gasteiger charge is 2.39. The van der Waals surface area contributed by atoms with E-state index in [2.05, 4.69) is 0 Å². The molecule has 1 unspecified atom stereocenters. The van der Waals surface area contributed by atoms with Gasteiger partial charge in [-0.05, 0) is 48.0 Å². The molecule has 2 aliphatic rings. The number of Topliss-reactive ketones (excluding diaryl/α,β-unsaturated/α-hetero) is 1. The van der Waals surface area contributed by atoms with E-state index in [1.807, 2.05) is 12.1 Å². The lowest BCUT2D eigenvalue weighted by atomic mass is 9.85. The standard InChI is InChI=1S/C28H18O7/c1-32-16-8-6-15(7-9-16)12-23-27(31)18-10-11-22-25(28(18)35-23)19(13-24(29)34-22)20-14-33-21-5-3-2-4-17(21)26(20)30/h2-12,14,19H,13H2,1H3/b23-12-. The predicted molar refractivity (Wildman–Crippen MR) is 127 cm³/mol. The minimum atomic E-state index is -0.685. The third kappa shape index (κ3) is 3.40. The van der Waals surface area contributed by atoms with Crippen LogP contribution in [-0.4, -0.2) is 18.9 Å². The van der Waals surface area contributed by atoms with E-state index in [1.54, 1.807) is 61.7 Å². The Morgan fingerprint density at radius 1 is 0.943 bits per heavy atom. The normalized spacial score (nSPS) is 17.6. The summed E-state index contributed by atoms with van der Waals surface area (Å²) in [4.78, 5) is 38.9. The van der Waals surface area contributed by atoms with Crippen molar-refractivity contribution in [3.63, 3.8) is 0 Å². The van der Waals surface area contributed by atoms with Crippen molar-refractivity contribution < 1.29 is 28.2 Å². The number of hydrogen-bond donors (Lipinski definition) is 0. The third-order valence-corrected chi connectivity index (χ3v) is 6.28. The minimum Gasteiger partial charge on any atom is -0.497 e. The van der Waals surface area contributed by atoms with Gasteiger partial charge in [-0.2, -0.15) is 0 Å². The van der Waals surface area contributed by atoms with Crippen LogP contribution in [0.4, 0.5) is 0 Å². The second-order valence-electron chi connectivity index (χ2n) is 8.31. The summed E-state index contributed by atoms with van der Waals surface area (Å²) < 4.78 is 22.4. The fourth-order valence-corrected chi connectivity index (χ4v) is 4.56. The number of para-hydroxylation sites is 1. The summed E-state index contributed by atoms with van der Waals surface area (Å²) in [5.41, 5.74) is 2.10. The molecule has 0 amide bonds. The molecule has 2 aliphatic heterocycles. The van der Waals surface area contributed by atoms with Gasteiger partial charge in [0.2, 0.25) is 5.78 Å². The van der Waals surface area contributed by atoms with E-state index >= 15 is 0 Å². The summed E-state index contributed by atoms with van der Waals surface area (Å²) >= 11 is 0. The first kappa shape index (κ1) is 20.9. The van der Waals surface area contributed by atoms with E-state index in [0.717, 1.165) is 5.56 Å². The van der Waals surface area contributed by atoms with Crippen molar-refractivity contribution in [2.75, 3.05) is 7.11 Å². The SMILES string of the molecule is COc1ccc(/C=C2\Oc3c(ccc4c3C(c3coc5ccccc5c3=O)CC(=O)O4)C2=O)cc1. The zero-order valence-electron chi connectivity index (χ0n) is 18.6. The van der Waals surface area contributed by atoms with Gasteiger partial charge in [-0.25, -0.2) is 0 Å². The minimum absolute atomic E-state index is 0.0817. The Labute approximate surface area is 199 Å². The number of ketones is 1. The van der Waals surface area contributed by atoms with E-state index in [0.29, 0.717) is 33.4 Å². The number of carbonyl (C=O) groups excluding carboxylic acids is 2. The molecule has 0 N–H and O–H groups in total. The van der Waals surface area contributed by atoms with Crippen LogP contribution in [0.25, 0.3) is 17.0 Å². The van der Waals surface area contributed by atoms with Gasteiger partial charge < -0.3 is 18.6 Å². The van der Waals surface area contributed by atoms with Gasteiger partial charge >= 0.3 is 5.97 Å². The maximum atomic E-state index is 13.3. The Morgan fingerprint density at radius 2 is 1.74 bits per heavy atom. The zero-order valence-corrected chi connectivity index (χ0v) is 18.6. The summed E-state index contributed by atoms with van der Waals surface area (Å²) in [5, 5.41) is 0.412. The summed E-state index contributed by atoms with van der Waals surface area (Å²) in [7, 11) is 1.58. The van der Waals surface area contributed by atoms with E-state index in [9.17, 15) is 14.4 Å². The van der Waals surface area contributed by atoms with Gasteiger partial charge in [-0.3, -0.25) is 14.4 Å². The number of hydrogen-bond acceptors (Lipinski definition) is 7. The Bertz CT molecular complexity index is 1610. The highest BCUT2D eigenvalue weighted by Crippen LogP contribution is 2.48. The van der Waals surface area contributed by atoms with E-state index in [-0.39, 0.29) is 34.9 Å². The van der Waals surface area contributed by atoms with E-state index in [4.69, 9.17) is 18.6 Å². The zero-order chi connectivity index (χ0) is 24.1. The van der Waals surface area contributed by atoms with Gasteiger partial charge in [0, 0.05) is 17.0 Å². The molecular weight excluding hydrogens is 448 g/mol. The lowest BCUT2D eigenvalue weighted by molar-refractivity contribution is -0.135. The topological polar surface area (TPSA) is 92.0 Å². The van der Waals surface area contributed by atoms with Crippen LogP contribution in [0.2, 0.25) is 0 Å². The molecule has 0 bridgehead atoms. The molecule has 7 nitrogen and oxygen atoms in total. The molecule has 0 spiro atoms. The molecule has 3 heterocycles. The summed E-state index contributed by atoms with van der Waals surface area (Å²) in [5.74, 6) is -0.0708. The highest BCUT2D eigenvalue weighted by molar-refractivity contribution is 6.15. The molecule has 0 saturated carbocycles. The quantitative estimate of drug-likeness (QED) is 0.242. The highest BCUT2D eigenvalue weighted by atomic mass is 16.5. The van der Waals surface area contributed by atoms with Crippen molar-refractivity contribution in [1.82, 2.24) is 0 Å². The van der Waals surface area contributed by atoms with E-state index in [1.165, 1.54) is 6.26 Å². The molecule has 172 valence electrons. The van der Waals surface area contributed by atoms with Gasteiger partial charge in [0.05, 0.1) is 30.7 Å². The Balaban J connectivity index is 1.47. The van der Waals surface area contributed by atoms with Crippen molar-refractivity contribution in [3.05, 3.63) is 105 Å². The number of esters is 1. The largest absolute Gasteiger partial charge is 0.497 e. The van der Waals surface area contributed by atoms with Crippen molar-refractivity contribution in [1.29, 1.82) is 0 Å². The Hall–Kier alpha value is -4.65. The van der Waals surface area contributed by atoms with Gasteiger partial charge in [0.15, 0.2) is 11.2 Å². The molecule has 0 fully saturated rings. The first-order valence-electron chi connectivity index (χ1n) is 11.0. The van der Waals surface area contributed by atoms with Gasteiger partial charge in [-0.1, -0.05) is 24.3 Å². The predicted octanol–water partition coefficient (Wildman–Crippen LogP) is 4.86. The van der Waals surface area contributed by atoms with Crippen LogP contribution in [-0.2, 0) is 4.79 Å². The first-order chi connectivity index (χ1) is 17.0. The summed E-state index contributed by atoms with van der Waals surface area (Å²) in [6.07, 6.45) is 2.94. The molecule has 4 aromatic rings. The number of methoxy groups -OCH3 is 1. The molecular formula is C28H18O7. The molecule has 0 radical (unpaired) electrons. The maximum absolute atomic E-state index is 13.3. The molecule has 0 saturated heterocycles. The fraction of sp³-hybridized carbons (Fsp3) is 0.107. The van der Waals surface area contributed by atoms with Crippen LogP contribution >= 0.6 is 0 Å². The maximum Gasteiger partial charge on any atom is 0.312 e. The lowest BCUT2D eigenvalue weighted by Gasteiger charge is -2.25. The third-order valence-electron chi connectivity index (χ3n) is 6.28. The van der Waals surface area contributed by atoms with Crippen molar-refractivity contribution in [3.8, 4) is 17.2 Å². The van der Waals surface area contributed by atoms with Crippen molar-refractivity contribution in [2.24, 2.45) is 0 Å². The second kappa shape index (κ2) is 7.99. The lowest BCUT2D eigenvalue weighted by Crippen LogP contribution is -2.25. The second-order valence-corrected chi connectivity index (χ2v) is 8.31. The monoisotopic (exact) mass is 466 g/mol. The number of allylic oxidation sites excluding steroid dienone is 1. The average Bonchev–Trinajstić information content (AvgIpc) is 3.19. The Kier molecular flexibility index (Phi) is 4.77. The summed E-state index contributed by atoms with van der Waals surface area (Å²) in [6, 6.07) is 17.3. The van der Waals surface area contributed by atoms with Crippen LogP contribution in [0, 0.1) is 0 Å². The molecule has 35 heavy (non-hydrogen) atoms. The van der Waals surface area contributed by atoms with Crippen LogP contribution in [0.1, 0.15) is 39.4 Å². The molecule has 3 aromatic carbocycles. The van der Waals surface area contributed by atoms with Gasteiger partial charge in [-0.15, -0.1) is 0 Å². The smallest absolute Gasteiger partial charge is 0.312 e. The number of fused-ring (bicyclic) bond motifs is 4. The van der Waals surface area contributed by atoms with Crippen molar-refractivity contribution >= 4 is 28.8 Å². The van der Waals surface area contributed by atoms with Crippen LogP contribution in [0.5, 0.6) is 17.2 Å². The average molecular weight is 466 g/mol. The molecule has 1 aromatic heterocycles. The molecule has 1 atom stereocenters.